The lowest BCUT2D eigenvalue weighted by Gasteiger charge is -2.16. The molecule has 1 atom stereocenters. The molecule has 0 saturated carbocycles. The number of hydrogen-bond acceptors (Lipinski definition) is 5. The summed E-state index contributed by atoms with van der Waals surface area (Å²) < 4.78 is 28.1. The van der Waals surface area contributed by atoms with Gasteiger partial charge in [0.1, 0.15) is 6.33 Å². The first-order chi connectivity index (χ1) is 12.1. The van der Waals surface area contributed by atoms with Gasteiger partial charge in [-0.3, -0.25) is 0 Å². The highest BCUT2D eigenvalue weighted by Crippen LogP contribution is 2.26. The summed E-state index contributed by atoms with van der Waals surface area (Å²) in [5.41, 5.74) is 1.59. The molecule has 0 amide bonds. The van der Waals surface area contributed by atoms with Crippen LogP contribution in [0.1, 0.15) is 24.5 Å². The molecule has 1 unspecified atom stereocenters. The van der Waals surface area contributed by atoms with Crippen LogP contribution in [0.4, 0.5) is 14.6 Å². The molecular formula is C17H17F2N5O. The first-order valence-electron chi connectivity index (χ1n) is 8.17. The van der Waals surface area contributed by atoms with Gasteiger partial charge in [0.15, 0.2) is 28.6 Å². The third kappa shape index (κ3) is 2.93. The van der Waals surface area contributed by atoms with Gasteiger partial charge < -0.3 is 14.6 Å². The third-order valence-corrected chi connectivity index (χ3v) is 4.49. The van der Waals surface area contributed by atoms with Crippen LogP contribution in [0.5, 0.6) is 0 Å². The van der Waals surface area contributed by atoms with Crippen LogP contribution in [0.2, 0.25) is 0 Å². The Balaban J connectivity index is 1.63. The molecule has 130 valence electrons. The first-order valence-corrected chi connectivity index (χ1v) is 8.17. The number of benzene rings is 1. The molecule has 8 heteroatoms. The van der Waals surface area contributed by atoms with E-state index >= 15 is 0 Å². The van der Waals surface area contributed by atoms with Crippen molar-refractivity contribution in [2.24, 2.45) is 0 Å². The van der Waals surface area contributed by atoms with Crippen molar-refractivity contribution >= 4 is 17.0 Å². The van der Waals surface area contributed by atoms with Gasteiger partial charge in [0.2, 0.25) is 0 Å². The fraction of sp³-hybridized carbons (Fsp3) is 0.353. The van der Waals surface area contributed by atoms with Crippen molar-refractivity contribution in [3.8, 4) is 0 Å². The highest BCUT2D eigenvalue weighted by molar-refractivity contribution is 5.83. The van der Waals surface area contributed by atoms with Crippen molar-refractivity contribution in [1.82, 2.24) is 19.5 Å². The van der Waals surface area contributed by atoms with E-state index in [4.69, 9.17) is 0 Å². The van der Waals surface area contributed by atoms with Crippen LogP contribution in [-0.2, 0) is 6.54 Å². The average Bonchev–Trinajstić information content (AvgIpc) is 3.27. The number of hydrogen-bond donors (Lipinski definition) is 1. The van der Waals surface area contributed by atoms with E-state index in [0.717, 1.165) is 43.9 Å². The second-order valence-electron chi connectivity index (χ2n) is 6.15. The Bertz CT molecular complexity index is 907. The van der Waals surface area contributed by atoms with E-state index in [9.17, 15) is 13.9 Å². The predicted molar refractivity (Wildman–Crippen MR) is 88.1 cm³/mol. The molecule has 4 rings (SSSR count). The second-order valence-corrected chi connectivity index (χ2v) is 6.15. The molecule has 0 bridgehead atoms. The van der Waals surface area contributed by atoms with Gasteiger partial charge >= 0.3 is 0 Å². The molecule has 3 heterocycles. The number of aliphatic hydroxyl groups is 1. The van der Waals surface area contributed by atoms with Gasteiger partial charge in [0.05, 0.1) is 19.0 Å². The zero-order valence-corrected chi connectivity index (χ0v) is 13.4. The van der Waals surface area contributed by atoms with Gasteiger partial charge in [0.25, 0.3) is 0 Å². The molecule has 3 aromatic rings. The Morgan fingerprint density at radius 3 is 2.64 bits per heavy atom. The lowest BCUT2D eigenvalue weighted by molar-refractivity contribution is 0.157. The Labute approximate surface area is 142 Å². The van der Waals surface area contributed by atoms with Gasteiger partial charge in [-0.15, -0.1) is 0 Å². The molecule has 25 heavy (non-hydrogen) atoms. The average molecular weight is 345 g/mol. The molecule has 0 aliphatic carbocycles. The molecule has 1 N–H and O–H groups in total. The molecule has 1 aromatic carbocycles. The van der Waals surface area contributed by atoms with E-state index in [1.54, 1.807) is 10.9 Å². The summed E-state index contributed by atoms with van der Waals surface area (Å²) in [5, 5.41) is 10.4. The monoisotopic (exact) mass is 345 g/mol. The quantitative estimate of drug-likeness (QED) is 0.787. The van der Waals surface area contributed by atoms with Gasteiger partial charge in [0, 0.05) is 13.1 Å². The van der Waals surface area contributed by atoms with Crippen molar-refractivity contribution in [3.05, 3.63) is 48.1 Å². The minimum atomic E-state index is -1.00. The van der Waals surface area contributed by atoms with Crippen LogP contribution in [0, 0.1) is 11.6 Å². The van der Waals surface area contributed by atoms with Crippen LogP contribution in [-0.4, -0.2) is 37.7 Å². The molecule has 1 fully saturated rings. The fourth-order valence-electron chi connectivity index (χ4n) is 3.17. The van der Waals surface area contributed by atoms with E-state index in [0.29, 0.717) is 16.7 Å². The molecule has 0 spiro atoms. The molecule has 1 saturated heterocycles. The molecule has 0 radical (unpaired) electrons. The van der Waals surface area contributed by atoms with Crippen LogP contribution in [0.15, 0.2) is 30.9 Å². The van der Waals surface area contributed by atoms with Gasteiger partial charge in [-0.05, 0) is 30.5 Å². The number of aliphatic hydroxyl groups excluding tert-OH is 1. The number of aromatic nitrogens is 4. The normalized spacial score (nSPS) is 15.9. The molecule has 1 aliphatic heterocycles. The minimum Gasteiger partial charge on any atom is -0.387 e. The summed E-state index contributed by atoms with van der Waals surface area (Å²) in [5.74, 6) is -1.12. The maximum absolute atomic E-state index is 13.4. The molecular weight excluding hydrogens is 328 g/mol. The second kappa shape index (κ2) is 6.36. The third-order valence-electron chi connectivity index (χ3n) is 4.49. The predicted octanol–water partition coefficient (Wildman–Crippen LogP) is 2.44. The first kappa shape index (κ1) is 15.9. The standard InChI is InChI=1S/C17H17F2N5O/c18-12-4-3-11(7-13(12)19)14(25)8-24-10-22-15-16(20-9-21-17(15)24)23-5-1-2-6-23/h3-4,7,9-10,14,25H,1-2,5-6,8H2. The van der Waals surface area contributed by atoms with E-state index in [1.165, 1.54) is 12.4 Å². The minimum absolute atomic E-state index is 0.137. The van der Waals surface area contributed by atoms with E-state index in [-0.39, 0.29) is 6.54 Å². The number of imidazole rings is 1. The zero-order valence-electron chi connectivity index (χ0n) is 13.4. The number of rotatable bonds is 4. The van der Waals surface area contributed by atoms with Crippen LogP contribution < -0.4 is 4.90 Å². The van der Waals surface area contributed by atoms with E-state index in [2.05, 4.69) is 19.9 Å². The molecule has 2 aromatic heterocycles. The Kier molecular flexibility index (Phi) is 4.04. The lowest BCUT2D eigenvalue weighted by Crippen LogP contribution is -2.19. The Morgan fingerprint density at radius 2 is 1.88 bits per heavy atom. The Morgan fingerprint density at radius 1 is 1.08 bits per heavy atom. The summed E-state index contributed by atoms with van der Waals surface area (Å²) >= 11 is 0. The largest absolute Gasteiger partial charge is 0.387 e. The summed E-state index contributed by atoms with van der Waals surface area (Å²) in [4.78, 5) is 15.2. The summed E-state index contributed by atoms with van der Waals surface area (Å²) in [6, 6.07) is 3.38. The fourth-order valence-corrected chi connectivity index (χ4v) is 3.17. The van der Waals surface area contributed by atoms with Crippen molar-refractivity contribution in [1.29, 1.82) is 0 Å². The van der Waals surface area contributed by atoms with Gasteiger partial charge in [-0.25, -0.2) is 23.7 Å². The Hall–Kier alpha value is -2.61. The van der Waals surface area contributed by atoms with E-state index in [1.807, 2.05) is 0 Å². The van der Waals surface area contributed by atoms with Crippen LogP contribution in [0.3, 0.4) is 0 Å². The van der Waals surface area contributed by atoms with Crippen molar-refractivity contribution in [2.45, 2.75) is 25.5 Å². The smallest absolute Gasteiger partial charge is 0.165 e. The topological polar surface area (TPSA) is 67.1 Å². The zero-order chi connectivity index (χ0) is 17.4. The maximum Gasteiger partial charge on any atom is 0.165 e. The van der Waals surface area contributed by atoms with Crippen molar-refractivity contribution in [3.63, 3.8) is 0 Å². The molecule has 1 aliphatic rings. The number of halogens is 2. The van der Waals surface area contributed by atoms with E-state index < -0.39 is 17.7 Å². The lowest BCUT2D eigenvalue weighted by atomic mass is 10.1. The van der Waals surface area contributed by atoms with Crippen LogP contribution in [0.25, 0.3) is 11.2 Å². The summed E-state index contributed by atoms with van der Waals surface area (Å²) in [7, 11) is 0. The number of fused-ring (bicyclic) bond motifs is 1. The summed E-state index contributed by atoms with van der Waals surface area (Å²) in [6.45, 7) is 2.02. The van der Waals surface area contributed by atoms with Gasteiger partial charge in [-0.1, -0.05) is 6.07 Å². The highest BCUT2D eigenvalue weighted by atomic mass is 19.2. The van der Waals surface area contributed by atoms with Crippen LogP contribution >= 0.6 is 0 Å². The SMILES string of the molecule is OC(Cn1cnc2c(N3CCCC3)ncnc21)c1ccc(F)c(F)c1. The molecule has 6 nitrogen and oxygen atoms in total. The summed E-state index contributed by atoms with van der Waals surface area (Å²) in [6.07, 6.45) is 4.32. The number of nitrogens with zero attached hydrogens (tertiary/aromatic N) is 5. The maximum atomic E-state index is 13.4. The van der Waals surface area contributed by atoms with Crippen molar-refractivity contribution < 1.29 is 13.9 Å². The van der Waals surface area contributed by atoms with Gasteiger partial charge in [-0.2, -0.15) is 0 Å². The number of anilines is 1. The van der Waals surface area contributed by atoms with Crippen molar-refractivity contribution in [2.75, 3.05) is 18.0 Å². The highest BCUT2D eigenvalue weighted by Gasteiger charge is 2.20.